The third-order valence-electron chi connectivity index (χ3n) is 1.08. The number of alkyl halides is 5. The summed E-state index contributed by atoms with van der Waals surface area (Å²) in [5, 5.41) is 0. The first kappa shape index (κ1) is 12.3. The van der Waals surface area contributed by atoms with Crippen LogP contribution >= 0.6 is 23.2 Å². The fraction of sp³-hybridized carbons (Fsp3) is 1.00. The van der Waals surface area contributed by atoms with Gasteiger partial charge in [0.15, 0.2) is 0 Å². The summed E-state index contributed by atoms with van der Waals surface area (Å²) >= 11 is 10.5. The van der Waals surface area contributed by atoms with Gasteiger partial charge in [-0.15, -0.1) is 24.8 Å². The summed E-state index contributed by atoms with van der Waals surface area (Å²) in [6, 6.07) is 0. The zero-order valence-electron chi connectivity index (χ0n) is 6.20. The molecule has 0 saturated carbocycles. The van der Waals surface area contributed by atoms with Gasteiger partial charge in [0, 0.05) is 5.88 Å². The highest BCUT2D eigenvalue weighted by Crippen LogP contribution is 2.23. The van der Waals surface area contributed by atoms with Crippen molar-refractivity contribution in [1.82, 2.24) is 0 Å². The monoisotopic (exact) mass is 224 g/mol. The lowest BCUT2D eigenvalue weighted by atomic mass is 10.3. The first-order chi connectivity index (χ1) is 5.45. The fourth-order valence-corrected chi connectivity index (χ4v) is 1.05. The van der Waals surface area contributed by atoms with Crippen LogP contribution in [-0.2, 0) is 4.74 Å². The van der Waals surface area contributed by atoms with E-state index in [2.05, 4.69) is 4.74 Å². The van der Waals surface area contributed by atoms with Gasteiger partial charge in [0.05, 0.1) is 0 Å². The van der Waals surface area contributed by atoms with Crippen molar-refractivity contribution in [2.24, 2.45) is 0 Å². The van der Waals surface area contributed by atoms with Crippen molar-refractivity contribution in [2.75, 3.05) is 5.88 Å². The molecular formula is C6H9Cl2F3O. The molecule has 0 N–H and O–H groups in total. The van der Waals surface area contributed by atoms with E-state index in [0.717, 1.165) is 0 Å². The van der Waals surface area contributed by atoms with E-state index in [1.165, 1.54) is 0 Å². The molecule has 0 fully saturated rings. The van der Waals surface area contributed by atoms with E-state index in [9.17, 15) is 13.2 Å². The molecule has 0 spiro atoms. The minimum atomic E-state index is -4.65. The van der Waals surface area contributed by atoms with Crippen molar-refractivity contribution in [3.05, 3.63) is 0 Å². The molecule has 0 aromatic carbocycles. The summed E-state index contributed by atoms with van der Waals surface area (Å²) in [5.41, 5.74) is -1.30. The molecule has 0 aromatic rings. The maximum Gasteiger partial charge on any atom is 0.523 e. The highest BCUT2D eigenvalue weighted by Gasteiger charge is 2.32. The summed E-state index contributed by atoms with van der Waals surface area (Å²) in [6.07, 6.45) is -3.30. The molecule has 0 aliphatic rings. The van der Waals surface area contributed by atoms with Crippen molar-refractivity contribution in [3.8, 4) is 0 Å². The molecule has 1 nitrogen and oxygen atoms in total. The minimum absolute atomic E-state index is 0.161. The molecule has 6 heteroatoms. The Labute approximate surface area is 78.8 Å². The third kappa shape index (κ3) is 8.43. The summed E-state index contributed by atoms with van der Waals surface area (Å²) in [5.74, 6) is 0.426. The zero-order chi connectivity index (χ0) is 9.61. The van der Waals surface area contributed by atoms with E-state index in [-0.39, 0.29) is 6.42 Å². The average molecular weight is 225 g/mol. The van der Waals surface area contributed by atoms with Gasteiger partial charge >= 0.3 is 6.36 Å². The van der Waals surface area contributed by atoms with Gasteiger partial charge in [-0.3, -0.25) is 4.74 Å². The Morgan fingerprint density at radius 1 is 1.25 bits per heavy atom. The number of unbranched alkanes of at least 4 members (excludes halogenated alkanes) is 1. The van der Waals surface area contributed by atoms with Gasteiger partial charge < -0.3 is 0 Å². The average Bonchev–Trinajstić information content (AvgIpc) is 1.84. The standard InChI is InChI=1S/C6H9Cl2F3O/c7-4-2-1-3-5(8)12-6(9,10)11/h5H,1-4H2. The van der Waals surface area contributed by atoms with E-state index in [1.807, 2.05) is 0 Å². The van der Waals surface area contributed by atoms with Crippen molar-refractivity contribution < 1.29 is 17.9 Å². The molecule has 0 aliphatic carbocycles. The van der Waals surface area contributed by atoms with Crippen LogP contribution in [0.3, 0.4) is 0 Å². The van der Waals surface area contributed by atoms with Crippen LogP contribution in [-0.4, -0.2) is 17.8 Å². The van der Waals surface area contributed by atoms with Crippen molar-refractivity contribution >= 4 is 23.2 Å². The summed E-state index contributed by atoms with van der Waals surface area (Å²) < 4.78 is 38.0. The van der Waals surface area contributed by atoms with E-state index in [1.54, 1.807) is 0 Å². The van der Waals surface area contributed by atoms with Gasteiger partial charge in [0.1, 0.15) is 5.56 Å². The Hall–Kier alpha value is 0.330. The van der Waals surface area contributed by atoms with Crippen LogP contribution in [0.15, 0.2) is 0 Å². The highest BCUT2D eigenvalue weighted by atomic mass is 35.5. The molecule has 0 aliphatic heterocycles. The summed E-state index contributed by atoms with van der Waals surface area (Å²) in [6.45, 7) is 0. The molecule has 74 valence electrons. The first-order valence-electron chi connectivity index (χ1n) is 3.40. The maximum absolute atomic E-state index is 11.5. The molecule has 0 aromatic heterocycles. The second-order valence-electron chi connectivity index (χ2n) is 2.16. The van der Waals surface area contributed by atoms with E-state index < -0.39 is 11.9 Å². The van der Waals surface area contributed by atoms with Crippen LogP contribution in [0.25, 0.3) is 0 Å². The largest absolute Gasteiger partial charge is 0.523 e. The number of rotatable bonds is 5. The number of halogens is 5. The fourth-order valence-electron chi connectivity index (χ4n) is 0.603. The molecule has 0 saturated heterocycles. The Bertz CT molecular complexity index is 118. The van der Waals surface area contributed by atoms with Crippen molar-refractivity contribution in [2.45, 2.75) is 31.2 Å². The highest BCUT2D eigenvalue weighted by molar-refractivity contribution is 6.19. The smallest absolute Gasteiger partial charge is 0.272 e. The summed E-state index contributed by atoms with van der Waals surface area (Å²) in [4.78, 5) is 0. The molecule has 1 unspecified atom stereocenters. The van der Waals surface area contributed by atoms with Gasteiger partial charge in [-0.25, -0.2) is 0 Å². The lowest BCUT2D eigenvalue weighted by Crippen LogP contribution is -2.19. The number of ether oxygens (including phenoxy) is 1. The molecular weight excluding hydrogens is 216 g/mol. The molecule has 0 rings (SSSR count). The quantitative estimate of drug-likeness (QED) is 0.514. The van der Waals surface area contributed by atoms with Crippen LogP contribution in [0.1, 0.15) is 19.3 Å². The second-order valence-corrected chi connectivity index (χ2v) is 3.02. The molecule has 0 bridgehead atoms. The molecule has 12 heavy (non-hydrogen) atoms. The number of hydrogen-bond donors (Lipinski definition) is 0. The van der Waals surface area contributed by atoms with Gasteiger partial charge in [0.2, 0.25) is 0 Å². The van der Waals surface area contributed by atoms with Crippen LogP contribution in [0.4, 0.5) is 13.2 Å². The Balaban J connectivity index is 3.40. The van der Waals surface area contributed by atoms with Crippen LogP contribution in [0, 0.1) is 0 Å². The maximum atomic E-state index is 11.5. The van der Waals surface area contributed by atoms with Crippen LogP contribution in [0.2, 0.25) is 0 Å². The lowest BCUT2D eigenvalue weighted by Gasteiger charge is -2.12. The van der Waals surface area contributed by atoms with Crippen molar-refractivity contribution in [1.29, 1.82) is 0 Å². The Morgan fingerprint density at radius 3 is 2.25 bits per heavy atom. The van der Waals surface area contributed by atoms with Crippen LogP contribution in [0.5, 0.6) is 0 Å². The zero-order valence-corrected chi connectivity index (χ0v) is 7.72. The van der Waals surface area contributed by atoms with Gasteiger partial charge in [-0.05, 0) is 19.3 Å². The second kappa shape index (κ2) is 5.89. The minimum Gasteiger partial charge on any atom is -0.272 e. The SMILES string of the molecule is FC(F)(F)OC(Cl)CCCCCl. The van der Waals surface area contributed by atoms with Crippen molar-refractivity contribution in [3.63, 3.8) is 0 Å². The lowest BCUT2D eigenvalue weighted by molar-refractivity contribution is -0.332. The predicted octanol–water partition coefficient (Wildman–Crippen LogP) is 3.50. The predicted molar refractivity (Wildman–Crippen MR) is 41.4 cm³/mol. The van der Waals surface area contributed by atoms with E-state index in [0.29, 0.717) is 18.7 Å². The molecule has 1 atom stereocenters. The number of hydrogen-bond acceptors (Lipinski definition) is 1. The first-order valence-corrected chi connectivity index (χ1v) is 4.37. The summed E-state index contributed by atoms with van der Waals surface area (Å²) in [7, 11) is 0. The van der Waals surface area contributed by atoms with E-state index in [4.69, 9.17) is 23.2 Å². The third-order valence-corrected chi connectivity index (χ3v) is 1.65. The molecule has 0 heterocycles. The molecule has 0 amide bonds. The van der Waals surface area contributed by atoms with Crippen LogP contribution < -0.4 is 0 Å². The molecule has 0 radical (unpaired) electrons. The Kier molecular flexibility index (Phi) is 6.05. The Morgan fingerprint density at radius 2 is 1.83 bits per heavy atom. The van der Waals surface area contributed by atoms with Gasteiger partial charge in [-0.1, -0.05) is 11.6 Å². The normalized spacial score (nSPS) is 14.8. The van der Waals surface area contributed by atoms with Gasteiger partial charge in [-0.2, -0.15) is 0 Å². The van der Waals surface area contributed by atoms with Gasteiger partial charge in [0.25, 0.3) is 0 Å². The topological polar surface area (TPSA) is 9.23 Å². The van der Waals surface area contributed by atoms with E-state index >= 15 is 0 Å².